The van der Waals surface area contributed by atoms with Crippen molar-refractivity contribution in [3.63, 3.8) is 0 Å². The Balaban J connectivity index is 2.02. The second-order valence-electron chi connectivity index (χ2n) is 5.69. The highest BCUT2D eigenvalue weighted by Gasteiger charge is 2.10. The van der Waals surface area contributed by atoms with Gasteiger partial charge in [-0.1, -0.05) is 18.2 Å². The van der Waals surface area contributed by atoms with Crippen LogP contribution in [0.1, 0.15) is 28.1 Å². The first kappa shape index (κ1) is 14.4. The molecule has 3 rings (SSSR count). The van der Waals surface area contributed by atoms with Crippen molar-refractivity contribution in [3.05, 3.63) is 76.9 Å². The van der Waals surface area contributed by atoms with E-state index in [1.165, 1.54) is 0 Å². The van der Waals surface area contributed by atoms with Gasteiger partial charge in [0.15, 0.2) is 0 Å². The van der Waals surface area contributed by atoms with Gasteiger partial charge in [0.1, 0.15) is 0 Å². The van der Waals surface area contributed by atoms with Gasteiger partial charge in [-0.15, -0.1) is 0 Å². The average Bonchev–Trinajstić information content (AvgIpc) is 2.49. The standard InChI is InChI=1S/C19H19N3/c1-13-7-8-18(20-11-13)19-16(9-14(2)12-21-19)10-17-6-4-5-15(3)22-17/h4-9,11-12H,10H2,1-3H3. The number of aryl methyl sites for hydroxylation is 3. The van der Waals surface area contributed by atoms with E-state index in [-0.39, 0.29) is 0 Å². The summed E-state index contributed by atoms with van der Waals surface area (Å²) in [4.78, 5) is 13.7. The molecule has 0 radical (unpaired) electrons. The second-order valence-corrected chi connectivity index (χ2v) is 5.69. The molecular weight excluding hydrogens is 270 g/mol. The van der Waals surface area contributed by atoms with E-state index in [1.54, 1.807) is 0 Å². The van der Waals surface area contributed by atoms with Gasteiger partial charge >= 0.3 is 0 Å². The summed E-state index contributed by atoms with van der Waals surface area (Å²) < 4.78 is 0. The molecule has 0 saturated carbocycles. The lowest BCUT2D eigenvalue weighted by Crippen LogP contribution is -2.00. The predicted molar refractivity (Wildman–Crippen MR) is 88.7 cm³/mol. The van der Waals surface area contributed by atoms with Gasteiger partial charge in [-0.05, 0) is 55.7 Å². The molecule has 3 heterocycles. The first-order valence-corrected chi connectivity index (χ1v) is 7.43. The molecule has 0 N–H and O–H groups in total. The smallest absolute Gasteiger partial charge is 0.0922 e. The molecule has 0 aromatic carbocycles. The van der Waals surface area contributed by atoms with Crippen LogP contribution in [0.25, 0.3) is 11.4 Å². The molecule has 0 atom stereocenters. The van der Waals surface area contributed by atoms with Crippen LogP contribution in [-0.4, -0.2) is 15.0 Å². The topological polar surface area (TPSA) is 38.7 Å². The monoisotopic (exact) mass is 289 g/mol. The van der Waals surface area contributed by atoms with Gasteiger partial charge in [-0.25, -0.2) is 0 Å². The number of hydrogen-bond donors (Lipinski definition) is 0. The molecule has 0 bridgehead atoms. The zero-order chi connectivity index (χ0) is 15.5. The maximum Gasteiger partial charge on any atom is 0.0922 e. The molecule has 3 nitrogen and oxygen atoms in total. The largest absolute Gasteiger partial charge is 0.258 e. The van der Waals surface area contributed by atoms with E-state index in [0.717, 1.165) is 45.9 Å². The minimum atomic E-state index is 0.765. The fourth-order valence-electron chi connectivity index (χ4n) is 2.50. The molecule has 0 amide bonds. The summed E-state index contributed by atoms with van der Waals surface area (Å²) in [5.41, 5.74) is 7.40. The van der Waals surface area contributed by atoms with Gasteiger partial charge in [-0.3, -0.25) is 15.0 Å². The van der Waals surface area contributed by atoms with Gasteiger partial charge < -0.3 is 0 Å². The molecule has 0 saturated heterocycles. The summed E-state index contributed by atoms with van der Waals surface area (Å²) in [6, 6.07) is 12.4. The van der Waals surface area contributed by atoms with Crippen LogP contribution in [0.3, 0.4) is 0 Å². The highest BCUT2D eigenvalue weighted by molar-refractivity contribution is 5.60. The summed E-state index contributed by atoms with van der Waals surface area (Å²) in [6.45, 7) is 6.11. The summed E-state index contributed by atoms with van der Waals surface area (Å²) in [6.07, 6.45) is 4.54. The van der Waals surface area contributed by atoms with E-state index in [1.807, 2.05) is 44.4 Å². The van der Waals surface area contributed by atoms with E-state index in [2.05, 4.69) is 40.1 Å². The zero-order valence-electron chi connectivity index (χ0n) is 13.2. The van der Waals surface area contributed by atoms with Crippen LogP contribution < -0.4 is 0 Å². The van der Waals surface area contributed by atoms with E-state index in [0.29, 0.717) is 0 Å². The Bertz CT molecular complexity index is 792. The third kappa shape index (κ3) is 3.19. The first-order chi connectivity index (χ1) is 10.6. The number of pyridine rings is 3. The highest BCUT2D eigenvalue weighted by atomic mass is 14.8. The van der Waals surface area contributed by atoms with Gasteiger partial charge in [0.2, 0.25) is 0 Å². The summed E-state index contributed by atoms with van der Waals surface area (Å²) >= 11 is 0. The number of hydrogen-bond acceptors (Lipinski definition) is 3. The maximum absolute atomic E-state index is 4.61. The van der Waals surface area contributed by atoms with Crippen LogP contribution >= 0.6 is 0 Å². The molecule has 0 aliphatic heterocycles. The summed E-state index contributed by atoms with van der Waals surface area (Å²) in [5.74, 6) is 0. The summed E-state index contributed by atoms with van der Waals surface area (Å²) in [5, 5.41) is 0. The third-order valence-corrected chi connectivity index (χ3v) is 3.57. The van der Waals surface area contributed by atoms with E-state index in [4.69, 9.17) is 0 Å². The maximum atomic E-state index is 4.61. The van der Waals surface area contributed by atoms with Gasteiger partial charge in [0, 0.05) is 30.2 Å². The van der Waals surface area contributed by atoms with E-state index < -0.39 is 0 Å². The Morgan fingerprint density at radius 3 is 2.41 bits per heavy atom. The van der Waals surface area contributed by atoms with Gasteiger partial charge in [0.05, 0.1) is 11.4 Å². The van der Waals surface area contributed by atoms with Crippen molar-refractivity contribution >= 4 is 0 Å². The molecule has 0 unspecified atom stereocenters. The lowest BCUT2D eigenvalue weighted by molar-refractivity contribution is 1.02. The summed E-state index contributed by atoms with van der Waals surface area (Å²) in [7, 11) is 0. The van der Waals surface area contributed by atoms with Crippen LogP contribution in [0, 0.1) is 20.8 Å². The molecule has 0 fully saturated rings. The minimum Gasteiger partial charge on any atom is -0.258 e. The van der Waals surface area contributed by atoms with Crippen LogP contribution in [-0.2, 0) is 6.42 Å². The molecule has 0 spiro atoms. The van der Waals surface area contributed by atoms with Crippen molar-refractivity contribution < 1.29 is 0 Å². The molecule has 3 aromatic rings. The highest BCUT2D eigenvalue weighted by Crippen LogP contribution is 2.22. The van der Waals surface area contributed by atoms with Crippen molar-refractivity contribution in [3.8, 4) is 11.4 Å². The molecule has 3 heteroatoms. The molecular formula is C19H19N3. The number of rotatable bonds is 3. The molecule has 3 aromatic heterocycles. The molecule has 22 heavy (non-hydrogen) atoms. The van der Waals surface area contributed by atoms with Crippen LogP contribution in [0.15, 0.2) is 48.8 Å². The Kier molecular flexibility index (Phi) is 3.96. The van der Waals surface area contributed by atoms with Crippen molar-refractivity contribution in [1.29, 1.82) is 0 Å². The third-order valence-electron chi connectivity index (χ3n) is 3.57. The molecule has 0 aliphatic carbocycles. The Labute approximate surface area is 131 Å². The normalized spacial score (nSPS) is 10.7. The Morgan fingerprint density at radius 2 is 1.68 bits per heavy atom. The SMILES string of the molecule is Cc1ccc(-c2ncc(C)cc2Cc2cccc(C)n2)nc1. The number of aromatic nitrogens is 3. The lowest BCUT2D eigenvalue weighted by Gasteiger charge is -2.10. The lowest BCUT2D eigenvalue weighted by atomic mass is 10.0. The Morgan fingerprint density at radius 1 is 0.864 bits per heavy atom. The van der Waals surface area contributed by atoms with E-state index in [9.17, 15) is 0 Å². The average molecular weight is 289 g/mol. The van der Waals surface area contributed by atoms with Gasteiger partial charge in [-0.2, -0.15) is 0 Å². The fraction of sp³-hybridized carbons (Fsp3) is 0.211. The van der Waals surface area contributed by atoms with Crippen LogP contribution in [0.2, 0.25) is 0 Å². The van der Waals surface area contributed by atoms with Crippen LogP contribution in [0.5, 0.6) is 0 Å². The molecule has 110 valence electrons. The minimum absolute atomic E-state index is 0.765. The van der Waals surface area contributed by atoms with E-state index >= 15 is 0 Å². The van der Waals surface area contributed by atoms with Crippen molar-refractivity contribution in [1.82, 2.24) is 15.0 Å². The van der Waals surface area contributed by atoms with Crippen molar-refractivity contribution in [2.24, 2.45) is 0 Å². The van der Waals surface area contributed by atoms with Gasteiger partial charge in [0.25, 0.3) is 0 Å². The number of nitrogens with zero attached hydrogens (tertiary/aromatic N) is 3. The van der Waals surface area contributed by atoms with Crippen molar-refractivity contribution in [2.45, 2.75) is 27.2 Å². The fourth-order valence-corrected chi connectivity index (χ4v) is 2.50. The zero-order valence-corrected chi connectivity index (χ0v) is 13.2. The predicted octanol–water partition coefficient (Wildman–Crippen LogP) is 4.05. The van der Waals surface area contributed by atoms with Crippen LogP contribution in [0.4, 0.5) is 0 Å². The first-order valence-electron chi connectivity index (χ1n) is 7.43. The quantitative estimate of drug-likeness (QED) is 0.730. The van der Waals surface area contributed by atoms with Crippen molar-refractivity contribution in [2.75, 3.05) is 0 Å². The second kappa shape index (κ2) is 6.06. The Hall–Kier alpha value is -2.55. The molecule has 0 aliphatic rings.